The van der Waals surface area contributed by atoms with Gasteiger partial charge in [0.2, 0.25) is 0 Å². The summed E-state index contributed by atoms with van der Waals surface area (Å²) in [6.45, 7) is 7.33. The van der Waals surface area contributed by atoms with Gasteiger partial charge in [0.1, 0.15) is 6.61 Å². The molecule has 35 heavy (non-hydrogen) atoms. The normalized spacial score (nSPS) is 12.5. The van der Waals surface area contributed by atoms with Gasteiger partial charge >= 0.3 is 6.03 Å². The first kappa shape index (κ1) is 24.1. The number of carbonyl (C=O) groups excluding carboxylic acids is 1. The molecular formula is C26H31N5O4. The van der Waals surface area contributed by atoms with Crippen molar-refractivity contribution in [3.63, 3.8) is 0 Å². The number of urea groups is 1. The maximum absolute atomic E-state index is 11.0. The first-order chi connectivity index (χ1) is 16.8. The van der Waals surface area contributed by atoms with E-state index in [-0.39, 0.29) is 13.2 Å². The Morgan fingerprint density at radius 3 is 2.43 bits per heavy atom. The van der Waals surface area contributed by atoms with Gasteiger partial charge in [-0.2, -0.15) is 4.98 Å². The maximum Gasteiger partial charge on any atom is 0.312 e. The third kappa shape index (κ3) is 5.08. The second kappa shape index (κ2) is 10.1. The lowest BCUT2D eigenvalue weighted by Crippen LogP contribution is -2.33. The quantitative estimate of drug-likeness (QED) is 0.507. The minimum atomic E-state index is -0.597. The molecule has 0 radical (unpaired) electrons. The molecule has 0 atom stereocenters. The van der Waals surface area contributed by atoms with E-state index in [1.807, 2.05) is 36.6 Å². The molecule has 2 aromatic carbocycles. The van der Waals surface area contributed by atoms with Crippen molar-refractivity contribution in [1.29, 1.82) is 0 Å². The Balaban J connectivity index is 1.87. The van der Waals surface area contributed by atoms with E-state index in [0.29, 0.717) is 29.5 Å². The van der Waals surface area contributed by atoms with E-state index in [4.69, 9.17) is 29.9 Å². The van der Waals surface area contributed by atoms with Crippen LogP contribution in [0, 0.1) is 20.8 Å². The zero-order chi connectivity index (χ0) is 25.1. The molecule has 1 aliphatic heterocycles. The summed E-state index contributed by atoms with van der Waals surface area (Å²) >= 11 is 0. The van der Waals surface area contributed by atoms with Gasteiger partial charge in [-0.05, 0) is 56.0 Å². The number of methoxy groups -OCH3 is 2. The van der Waals surface area contributed by atoms with E-state index in [2.05, 4.69) is 24.4 Å². The topological polar surface area (TPSA) is 113 Å². The number of nitrogens with zero attached hydrogens (tertiary/aromatic N) is 3. The summed E-state index contributed by atoms with van der Waals surface area (Å²) in [6.07, 6.45) is 0.775. The van der Waals surface area contributed by atoms with Gasteiger partial charge in [0.05, 0.1) is 32.1 Å². The lowest BCUT2D eigenvalue weighted by Gasteiger charge is -2.25. The first-order valence-electron chi connectivity index (χ1n) is 11.5. The number of rotatable bonds is 7. The molecule has 0 saturated carbocycles. The van der Waals surface area contributed by atoms with Crippen molar-refractivity contribution < 1.29 is 19.0 Å². The van der Waals surface area contributed by atoms with Gasteiger partial charge in [0.25, 0.3) is 6.01 Å². The molecule has 1 aromatic heterocycles. The minimum Gasteiger partial charge on any atom is -0.493 e. The van der Waals surface area contributed by atoms with E-state index >= 15 is 0 Å². The monoisotopic (exact) mass is 477 g/mol. The molecule has 0 aliphatic carbocycles. The smallest absolute Gasteiger partial charge is 0.312 e. The standard InChI is InChI=1S/C26H31N5O4/c1-15-10-16(2)24(17(3)11-15)29-23-14-20-19-13-22(34-5)21(33-4)12-18(19)6-8-31(20)26(30-23)35-9-7-28-25(27)32/h10-14H,6-9H2,1-5H3,(H3,27,28,32). The highest BCUT2D eigenvalue weighted by Gasteiger charge is 2.22. The van der Waals surface area contributed by atoms with Gasteiger partial charge in [-0.1, -0.05) is 17.7 Å². The largest absolute Gasteiger partial charge is 0.493 e. The highest BCUT2D eigenvalue weighted by molar-refractivity contribution is 5.71. The van der Waals surface area contributed by atoms with E-state index in [0.717, 1.165) is 40.1 Å². The van der Waals surface area contributed by atoms with Crippen LogP contribution in [0.25, 0.3) is 11.3 Å². The third-order valence-electron chi connectivity index (χ3n) is 5.98. The number of aromatic nitrogens is 2. The molecule has 0 bridgehead atoms. The molecule has 0 spiro atoms. The molecule has 0 saturated heterocycles. The molecule has 0 fully saturated rings. The van der Waals surface area contributed by atoms with Crippen LogP contribution in [-0.2, 0) is 13.0 Å². The van der Waals surface area contributed by atoms with Gasteiger partial charge < -0.3 is 25.3 Å². The summed E-state index contributed by atoms with van der Waals surface area (Å²) in [4.78, 5) is 20.7. The number of nitrogens with two attached hydrogens (primary N) is 1. The lowest BCUT2D eigenvalue weighted by atomic mass is 9.97. The van der Waals surface area contributed by atoms with Crippen molar-refractivity contribution in [1.82, 2.24) is 14.9 Å². The number of amides is 2. The molecule has 9 heteroatoms. The van der Waals surface area contributed by atoms with E-state index in [1.165, 1.54) is 5.56 Å². The van der Waals surface area contributed by atoms with Crippen molar-refractivity contribution in [3.8, 4) is 28.8 Å². The van der Waals surface area contributed by atoms with Gasteiger partial charge in [0.15, 0.2) is 17.0 Å². The predicted octanol–water partition coefficient (Wildman–Crippen LogP) is 3.33. The summed E-state index contributed by atoms with van der Waals surface area (Å²) in [5, 5.41) is 2.54. The Bertz CT molecular complexity index is 1320. The Morgan fingerprint density at radius 2 is 1.77 bits per heavy atom. The summed E-state index contributed by atoms with van der Waals surface area (Å²) in [5.74, 6) is 1.34. The van der Waals surface area contributed by atoms with Crippen LogP contribution in [0.15, 0.2) is 35.3 Å². The number of nitrogens with one attached hydrogen (secondary N) is 1. The summed E-state index contributed by atoms with van der Waals surface area (Å²) in [7, 11) is 3.26. The lowest BCUT2D eigenvalue weighted by molar-refractivity contribution is 0.239. The number of primary amides is 1. The van der Waals surface area contributed by atoms with Crippen LogP contribution in [-0.4, -0.2) is 43.0 Å². The Morgan fingerprint density at radius 1 is 1.09 bits per heavy atom. The van der Waals surface area contributed by atoms with E-state index in [1.54, 1.807) is 14.2 Å². The number of aryl methyl sites for hydroxylation is 4. The van der Waals surface area contributed by atoms with E-state index in [9.17, 15) is 4.79 Å². The average molecular weight is 478 g/mol. The number of benzene rings is 2. The second-order valence-electron chi connectivity index (χ2n) is 8.55. The van der Waals surface area contributed by atoms with Crippen molar-refractivity contribution in [2.45, 2.75) is 33.7 Å². The van der Waals surface area contributed by atoms with Crippen molar-refractivity contribution in [2.24, 2.45) is 10.7 Å². The van der Waals surface area contributed by atoms with Gasteiger partial charge in [-0.25, -0.2) is 9.79 Å². The summed E-state index contributed by atoms with van der Waals surface area (Å²) < 4.78 is 19.1. The van der Waals surface area contributed by atoms with Crippen LogP contribution in [0.4, 0.5) is 10.5 Å². The Kier molecular flexibility index (Phi) is 6.95. The molecule has 1 aliphatic rings. The van der Waals surface area contributed by atoms with Crippen LogP contribution < -0.4 is 30.7 Å². The van der Waals surface area contributed by atoms with Gasteiger partial charge in [-0.3, -0.25) is 4.57 Å². The summed E-state index contributed by atoms with van der Waals surface area (Å²) in [6, 6.07) is 10.0. The SMILES string of the molecule is COc1cc2c(cc1OC)-c1cc(=Nc3c(C)cc(C)cc3C)nc(OCCNC(N)=O)n1CC2. The number of ether oxygens (including phenoxy) is 3. The molecule has 9 nitrogen and oxygen atoms in total. The fourth-order valence-corrected chi connectivity index (χ4v) is 4.48. The van der Waals surface area contributed by atoms with E-state index < -0.39 is 6.03 Å². The average Bonchev–Trinajstić information content (AvgIpc) is 2.82. The highest BCUT2D eigenvalue weighted by Crippen LogP contribution is 2.39. The molecule has 184 valence electrons. The Hall–Kier alpha value is -4.01. The van der Waals surface area contributed by atoms with Crippen molar-refractivity contribution in [2.75, 3.05) is 27.4 Å². The van der Waals surface area contributed by atoms with Gasteiger partial charge in [-0.15, -0.1) is 0 Å². The maximum atomic E-state index is 11.0. The van der Waals surface area contributed by atoms with Crippen LogP contribution in [0.2, 0.25) is 0 Å². The molecule has 3 aromatic rings. The van der Waals surface area contributed by atoms with Crippen LogP contribution in [0.3, 0.4) is 0 Å². The number of hydrogen-bond acceptors (Lipinski definition) is 6. The minimum absolute atomic E-state index is 0.222. The van der Waals surface area contributed by atoms with Crippen LogP contribution >= 0.6 is 0 Å². The fourth-order valence-electron chi connectivity index (χ4n) is 4.48. The predicted molar refractivity (Wildman–Crippen MR) is 133 cm³/mol. The fraction of sp³-hybridized carbons (Fsp3) is 0.346. The van der Waals surface area contributed by atoms with Gasteiger partial charge in [0, 0.05) is 18.2 Å². The number of fused-ring (bicyclic) bond motifs is 3. The molecule has 3 N–H and O–H groups in total. The molecule has 2 amide bonds. The molecule has 4 rings (SSSR count). The zero-order valence-electron chi connectivity index (χ0n) is 20.8. The second-order valence-corrected chi connectivity index (χ2v) is 8.55. The summed E-state index contributed by atoms with van der Waals surface area (Å²) in [5.41, 5.74) is 13.0. The molecular weight excluding hydrogens is 446 g/mol. The first-order valence-corrected chi connectivity index (χ1v) is 11.5. The Labute approximate surface area is 204 Å². The van der Waals surface area contributed by atoms with Crippen LogP contribution in [0.5, 0.6) is 17.5 Å². The molecule has 0 unspecified atom stereocenters. The molecule has 2 heterocycles. The highest BCUT2D eigenvalue weighted by atomic mass is 16.5. The number of carbonyl (C=O) groups is 1. The van der Waals surface area contributed by atoms with Crippen LogP contribution in [0.1, 0.15) is 22.3 Å². The third-order valence-corrected chi connectivity index (χ3v) is 5.98. The zero-order valence-corrected chi connectivity index (χ0v) is 20.8. The van der Waals surface area contributed by atoms with Crippen molar-refractivity contribution >= 4 is 11.7 Å². The number of hydrogen-bond donors (Lipinski definition) is 2. The van der Waals surface area contributed by atoms with Crippen molar-refractivity contribution in [3.05, 3.63) is 58.1 Å².